The summed E-state index contributed by atoms with van der Waals surface area (Å²) in [5.74, 6) is 2.08. The van der Waals surface area contributed by atoms with Crippen molar-refractivity contribution < 1.29 is 14.0 Å². The zero-order chi connectivity index (χ0) is 13.7. The Balaban J connectivity index is 2.11. The third kappa shape index (κ3) is 3.37. The van der Waals surface area contributed by atoms with Crippen LogP contribution in [0.4, 0.5) is 0 Å². The molecule has 0 saturated heterocycles. The molecule has 0 bridgehead atoms. The predicted molar refractivity (Wildman–Crippen MR) is 73.3 cm³/mol. The van der Waals surface area contributed by atoms with Gasteiger partial charge in [-0.15, -0.1) is 0 Å². The first kappa shape index (κ1) is 13.2. The molecule has 0 amide bonds. The van der Waals surface area contributed by atoms with Crippen LogP contribution in [0.2, 0.25) is 0 Å². The molecule has 0 radical (unpaired) electrons. The minimum absolute atomic E-state index is 0.333. The van der Waals surface area contributed by atoms with E-state index in [1.807, 2.05) is 50.3 Å². The fourth-order valence-electron chi connectivity index (χ4n) is 1.73. The zero-order valence-electron chi connectivity index (χ0n) is 11.3. The van der Waals surface area contributed by atoms with Crippen LogP contribution in [-0.4, -0.2) is 12.3 Å². The fraction of sp³-hybridized carbons (Fsp3) is 0.267. The van der Waals surface area contributed by atoms with E-state index in [1.54, 1.807) is 7.11 Å². The van der Waals surface area contributed by atoms with Crippen molar-refractivity contribution in [3.63, 3.8) is 0 Å². The minimum atomic E-state index is 0.333. The summed E-state index contributed by atoms with van der Waals surface area (Å²) in [7, 11) is 1.63. The number of rotatable bonds is 5. The van der Waals surface area contributed by atoms with Gasteiger partial charge in [0.2, 0.25) is 0 Å². The number of allylic oxidation sites excluding steroid dienone is 1. The first-order valence-corrected chi connectivity index (χ1v) is 6.08. The molecule has 2 rings (SSSR count). The molecule has 0 aliphatic heterocycles. The molecule has 0 aliphatic carbocycles. The van der Waals surface area contributed by atoms with Crippen LogP contribution in [0, 0.1) is 6.92 Å². The smallest absolute Gasteiger partial charge is 0.174 e. The Labute approximate surface area is 112 Å². The van der Waals surface area contributed by atoms with Gasteiger partial charge in [0.15, 0.2) is 17.3 Å². The molecule has 19 heavy (non-hydrogen) atoms. The maximum atomic E-state index is 5.68. The van der Waals surface area contributed by atoms with Crippen molar-refractivity contribution >= 4 is 6.08 Å². The Morgan fingerprint density at radius 2 is 2.11 bits per heavy atom. The summed E-state index contributed by atoms with van der Waals surface area (Å²) in [5.41, 5.74) is 1.91. The van der Waals surface area contributed by atoms with Gasteiger partial charge >= 0.3 is 0 Å². The van der Waals surface area contributed by atoms with E-state index < -0.39 is 0 Å². The summed E-state index contributed by atoms with van der Waals surface area (Å²) >= 11 is 0. The number of ether oxygens (including phenoxy) is 2. The van der Waals surface area contributed by atoms with Crippen LogP contribution in [0.3, 0.4) is 0 Å². The number of nitrogens with zero attached hydrogens (tertiary/aromatic N) is 1. The Hall–Kier alpha value is -2.23. The van der Waals surface area contributed by atoms with Crippen molar-refractivity contribution in [2.24, 2.45) is 0 Å². The van der Waals surface area contributed by atoms with Crippen molar-refractivity contribution in [3.8, 4) is 11.5 Å². The first-order valence-electron chi connectivity index (χ1n) is 6.08. The van der Waals surface area contributed by atoms with Crippen LogP contribution >= 0.6 is 0 Å². The molecule has 0 atom stereocenters. The maximum absolute atomic E-state index is 5.68. The van der Waals surface area contributed by atoms with Gasteiger partial charge in [-0.25, -0.2) is 0 Å². The highest BCUT2D eigenvalue weighted by Crippen LogP contribution is 2.29. The number of aromatic nitrogens is 1. The SMILES string of the molecule is C/C=C/c1ccc(OCc2cc(C)no2)c(OC)c1. The average molecular weight is 259 g/mol. The Morgan fingerprint density at radius 3 is 2.74 bits per heavy atom. The third-order valence-electron chi connectivity index (χ3n) is 2.59. The second-order valence-electron chi connectivity index (χ2n) is 4.13. The zero-order valence-corrected chi connectivity index (χ0v) is 11.3. The van der Waals surface area contributed by atoms with Crippen LogP contribution in [0.15, 0.2) is 34.9 Å². The van der Waals surface area contributed by atoms with Crippen LogP contribution < -0.4 is 9.47 Å². The highest BCUT2D eigenvalue weighted by Gasteiger charge is 2.07. The highest BCUT2D eigenvalue weighted by atomic mass is 16.5. The number of benzene rings is 1. The van der Waals surface area contributed by atoms with Gasteiger partial charge in [-0.3, -0.25) is 0 Å². The lowest BCUT2D eigenvalue weighted by Crippen LogP contribution is -1.96. The number of methoxy groups -OCH3 is 1. The molecule has 1 heterocycles. The summed E-state index contributed by atoms with van der Waals surface area (Å²) in [6.07, 6.45) is 3.98. The van der Waals surface area contributed by atoms with Gasteiger partial charge in [0.05, 0.1) is 12.8 Å². The van der Waals surface area contributed by atoms with Crippen molar-refractivity contribution in [1.82, 2.24) is 5.16 Å². The number of hydrogen-bond donors (Lipinski definition) is 0. The van der Waals surface area contributed by atoms with Crippen molar-refractivity contribution in [3.05, 3.63) is 47.4 Å². The van der Waals surface area contributed by atoms with Gasteiger partial charge in [-0.05, 0) is 31.5 Å². The quantitative estimate of drug-likeness (QED) is 0.822. The van der Waals surface area contributed by atoms with Gasteiger partial charge in [-0.1, -0.05) is 23.4 Å². The number of aryl methyl sites for hydroxylation is 1. The third-order valence-corrected chi connectivity index (χ3v) is 2.59. The molecule has 4 heteroatoms. The van der Waals surface area contributed by atoms with Crippen molar-refractivity contribution in [2.45, 2.75) is 20.5 Å². The summed E-state index contributed by atoms with van der Waals surface area (Å²) in [6.45, 7) is 4.18. The summed E-state index contributed by atoms with van der Waals surface area (Å²) in [5, 5.41) is 3.81. The molecule has 0 unspecified atom stereocenters. The van der Waals surface area contributed by atoms with Gasteiger partial charge < -0.3 is 14.0 Å². The number of hydrogen-bond acceptors (Lipinski definition) is 4. The Kier molecular flexibility index (Phi) is 4.23. The Bertz CT molecular complexity index is 573. The van der Waals surface area contributed by atoms with Crippen LogP contribution in [-0.2, 0) is 6.61 Å². The van der Waals surface area contributed by atoms with Gasteiger partial charge in [0.25, 0.3) is 0 Å². The molecular weight excluding hydrogens is 242 g/mol. The fourth-order valence-corrected chi connectivity index (χ4v) is 1.73. The lowest BCUT2D eigenvalue weighted by atomic mass is 10.2. The molecule has 100 valence electrons. The molecule has 1 aromatic heterocycles. The minimum Gasteiger partial charge on any atom is -0.493 e. The van der Waals surface area contributed by atoms with E-state index >= 15 is 0 Å². The summed E-state index contributed by atoms with van der Waals surface area (Å²) in [6, 6.07) is 7.64. The van der Waals surface area contributed by atoms with E-state index in [2.05, 4.69) is 5.16 Å². The van der Waals surface area contributed by atoms with E-state index in [0.717, 1.165) is 11.3 Å². The standard InChI is InChI=1S/C15H17NO3/c1-4-5-12-6-7-14(15(9-12)17-3)18-10-13-8-11(2)16-19-13/h4-9H,10H2,1-3H3/b5-4+. The molecule has 0 N–H and O–H groups in total. The molecule has 0 aliphatic rings. The summed E-state index contributed by atoms with van der Waals surface area (Å²) < 4.78 is 16.1. The van der Waals surface area contributed by atoms with Gasteiger partial charge in [-0.2, -0.15) is 0 Å². The van der Waals surface area contributed by atoms with Gasteiger partial charge in [0, 0.05) is 6.07 Å². The predicted octanol–water partition coefficient (Wildman–Crippen LogP) is 3.60. The normalized spacial score (nSPS) is 10.9. The van der Waals surface area contributed by atoms with E-state index in [0.29, 0.717) is 23.9 Å². The molecule has 2 aromatic rings. The molecular formula is C15H17NO3. The highest BCUT2D eigenvalue weighted by molar-refractivity contribution is 5.55. The Morgan fingerprint density at radius 1 is 1.26 bits per heavy atom. The van der Waals surface area contributed by atoms with E-state index in [4.69, 9.17) is 14.0 Å². The topological polar surface area (TPSA) is 44.5 Å². The van der Waals surface area contributed by atoms with Gasteiger partial charge in [0.1, 0.15) is 6.61 Å². The monoisotopic (exact) mass is 259 g/mol. The van der Waals surface area contributed by atoms with E-state index in [-0.39, 0.29) is 0 Å². The second-order valence-corrected chi connectivity index (χ2v) is 4.13. The molecule has 0 fully saturated rings. The largest absolute Gasteiger partial charge is 0.493 e. The van der Waals surface area contributed by atoms with Crippen LogP contribution in [0.25, 0.3) is 6.08 Å². The lowest BCUT2D eigenvalue weighted by molar-refractivity contribution is 0.239. The molecule has 0 saturated carbocycles. The first-order chi connectivity index (χ1) is 9.22. The van der Waals surface area contributed by atoms with Crippen LogP contribution in [0.1, 0.15) is 23.9 Å². The lowest BCUT2D eigenvalue weighted by Gasteiger charge is -2.10. The second kappa shape index (κ2) is 6.09. The van der Waals surface area contributed by atoms with Crippen molar-refractivity contribution in [2.75, 3.05) is 7.11 Å². The van der Waals surface area contributed by atoms with Crippen LogP contribution in [0.5, 0.6) is 11.5 Å². The molecule has 0 spiro atoms. The molecule has 4 nitrogen and oxygen atoms in total. The van der Waals surface area contributed by atoms with Crippen molar-refractivity contribution in [1.29, 1.82) is 0 Å². The molecule has 1 aromatic carbocycles. The average Bonchev–Trinajstić information content (AvgIpc) is 2.83. The van der Waals surface area contributed by atoms with E-state index in [1.165, 1.54) is 0 Å². The van der Waals surface area contributed by atoms with E-state index in [9.17, 15) is 0 Å². The maximum Gasteiger partial charge on any atom is 0.174 e. The summed E-state index contributed by atoms with van der Waals surface area (Å²) in [4.78, 5) is 0.